The van der Waals surface area contributed by atoms with Gasteiger partial charge in [-0.25, -0.2) is 4.68 Å². The Bertz CT molecular complexity index is 1800. The van der Waals surface area contributed by atoms with Crippen molar-refractivity contribution in [2.45, 2.75) is 201 Å². The molecule has 0 spiro atoms. The van der Waals surface area contributed by atoms with E-state index in [1.54, 1.807) is 0 Å². The molecule has 8 aliphatic rings. The van der Waals surface area contributed by atoms with Crippen molar-refractivity contribution in [3.05, 3.63) is 11.9 Å². The van der Waals surface area contributed by atoms with Crippen LogP contribution in [0.3, 0.4) is 0 Å². The second-order valence-electron chi connectivity index (χ2n) is 24.6. The number of esters is 2. The smallest absolute Gasteiger partial charge is 0.305 e. The van der Waals surface area contributed by atoms with Crippen LogP contribution in [0.1, 0.15) is 182 Å². The van der Waals surface area contributed by atoms with E-state index in [0.717, 1.165) is 63.5 Å². The minimum absolute atomic E-state index is 0.100. The average Bonchev–Trinajstić information content (AvgIpc) is 3.99. The molecule has 0 aliphatic heterocycles. The number of ether oxygens (including phenoxy) is 3. The molecule has 1 heterocycles. The molecule has 0 saturated heterocycles. The van der Waals surface area contributed by atoms with Gasteiger partial charge in [0.25, 0.3) is 0 Å². The Morgan fingerprint density at radius 1 is 0.667 bits per heavy atom. The average molecular weight is 876 g/mol. The van der Waals surface area contributed by atoms with Crippen molar-refractivity contribution in [2.75, 3.05) is 14.2 Å². The Hall–Kier alpha value is -2.04. The number of carbonyl (C=O) groups is 2. The molecule has 354 valence electrons. The van der Waals surface area contributed by atoms with E-state index >= 15 is 0 Å². The maximum Gasteiger partial charge on any atom is 0.305 e. The number of hydrogen-bond donors (Lipinski definition) is 2. The number of aromatic nitrogens is 3. The van der Waals surface area contributed by atoms with Gasteiger partial charge in [-0.2, -0.15) is 0 Å². The second-order valence-corrected chi connectivity index (χ2v) is 24.6. The molecule has 8 saturated carbocycles. The maximum atomic E-state index is 12.0. The number of hydrogen-bond acceptors (Lipinski definition) is 9. The van der Waals surface area contributed by atoms with E-state index < -0.39 is 0 Å². The molecule has 1 aromatic rings. The molecule has 8 aliphatic carbocycles. The molecule has 0 radical (unpaired) electrons. The summed E-state index contributed by atoms with van der Waals surface area (Å²) in [5, 5.41) is 33.4. The molecule has 8 fully saturated rings. The fraction of sp³-hybridized carbons (Fsp3) is 0.925. The fourth-order valence-corrected chi connectivity index (χ4v) is 18.8. The lowest BCUT2D eigenvalue weighted by molar-refractivity contribution is -0.179. The lowest BCUT2D eigenvalue weighted by Crippen LogP contribution is -2.58. The summed E-state index contributed by atoms with van der Waals surface area (Å²) in [5.74, 6) is 5.96. The standard InChI is InChI=1S/C53H85N3O7/c1-31(9-15-46(59)61-7)38-11-13-40-48-42(19-23-52(38,40)5)50(3)21-17-36(25-33(50)27-44(48)57)56-29-35(54-55-56)30-63-37-18-22-51(4)34(26-37)28-45(58)49-41-14-12-39(32(2)10-16-47(60)62-8)53(41,6)24-20-43(49)51/h29,31-34,36-45,48-49,57-58H,9-28,30H2,1-8H3/t31-,32+,33?,34?,36+,37-,38-,39+,40-,41+,42-,43?,44+,45-,48?,49?,50+,51-,52-,53+/m1/s1. The van der Waals surface area contributed by atoms with Crippen LogP contribution in [0.4, 0.5) is 0 Å². The number of fused-ring (bicyclic) bond motifs is 10. The Labute approximate surface area is 379 Å². The van der Waals surface area contributed by atoms with Crippen molar-refractivity contribution in [1.82, 2.24) is 15.0 Å². The molecular formula is C53H85N3O7. The molecule has 9 rings (SSSR count). The molecular weight excluding hydrogens is 791 g/mol. The van der Waals surface area contributed by atoms with Gasteiger partial charge in [0, 0.05) is 12.8 Å². The lowest BCUT2D eigenvalue weighted by Gasteiger charge is -2.62. The summed E-state index contributed by atoms with van der Waals surface area (Å²) in [4.78, 5) is 23.9. The highest BCUT2D eigenvalue weighted by Gasteiger charge is 2.65. The molecule has 63 heavy (non-hydrogen) atoms. The number of aliphatic hydroxyl groups is 2. The summed E-state index contributed by atoms with van der Waals surface area (Å²) in [5.41, 5.74) is 1.88. The highest BCUT2D eigenvalue weighted by atomic mass is 16.5. The third-order valence-electron chi connectivity index (χ3n) is 22.3. The first-order valence-corrected chi connectivity index (χ1v) is 26.1. The van der Waals surface area contributed by atoms with Crippen LogP contribution in [0.2, 0.25) is 0 Å². The van der Waals surface area contributed by atoms with E-state index in [1.165, 1.54) is 72.0 Å². The zero-order valence-corrected chi connectivity index (χ0v) is 40.4. The van der Waals surface area contributed by atoms with Crippen molar-refractivity contribution < 1.29 is 34.0 Å². The largest absolute Gasteiger partial charge is 0.469 e. The predicted molar refractivity (Wildman–Crippen MR) is 242 cm³/mol. The third kappa shape index (κ3) is 7.87. The van der Waals surface area contributed by atoms with Gasteiger partial charge in [0.15, 0.2) is 0 Å². The molecule has 10 heteroatoms. The van der Waals surface area contributed by atoms with Crippen molar-refractivity contribution >= 4 is 11.9 Å². The summed E-state index contributed by atoms with van der Waals surface area (Å²) in [6.07, 6.45) is 22.7. The summed E-state index contributed by atoms with van der Waals surface area (Å²) in [7, 11) is 2.98. The molecule has 2 N–H and O–H groups in total. The molecule has 20 atom stereocenters. The minimum Gasteiger partial charge on any atom is -0.469 e. The van der Waals surface area contributed by atoms with Gasteiger partial charge >= 0.3 is 11.9 Å². The molecule has 0 amide bonds. The van der Waals surface area contributed by atoms with Crippen molar-refractivity contribution in [3.8, 4) is 0 Å². The first kappa shape index (κ1) is 46.1. The SMILES string of the molecule is COC(=O)CC[C@@H](C)[C@H]1CC[C@@H]2C3[C@@H](CC[C@@]21C)[C@@]1(C)CC[C@H](n2cc(CO[C@@H]4CC[C@]5(C)C(C4)C[C@@H](O)C4C5CC[C@]5(C)[C@H]4CC[C@H]5[C@@H](C)CCC(=O)OC)nn2)CC1C[C@@H]3O. The monoisotopic (exact) mass is 876 g/mol. The number of carbonyl (C=O) groups excluding carboxylic acids is 2. The van der Waals surface area contributed by atoms with E-state index in [9.17, 15) is 19.8 Å². The van der Waals surface area contributed by atoms with Crippen LogP contribution in [0.15, 0.2) is 6.20 Å². The second kappa shape index (κ2) is 17.6. The summed E-state index contributed by atoms with van der Waals surface area (Å²) in [6, 6.07) is 0.302. The normalized spacial score (nSPS) is 47.5. The van der Waals surface area contributed by atoms with Gasteiger partial charge in [0.1, 0.15) is 5.69 Å². The Balaban J connectivity index is 0.778. The van der Waals surface area contributed by atoms with Crippen LogP contribution in [-0.2, 0) is 30.4 Å². The third-order valence-corrected chi connectivity index (χ3v) is 22.3. The predicted octanol–water partition coefficient (Wildman–Crippen LogP) is 10.1. The van der Waals surface area contributed by atoms with Crippen molar-refractivity contribution in [3.63, 3.8) is 0 Å². The number of aliphatic hydroxyl groups excluding tert-OH is 2. The molecule has 0 bridgehead atoms. The minimum atomic E-state index is -0.249. The molecule has 10 nitrogen and oxygen atoms in total. The van der Waals surface area contributed by atoms with E-state index in [4.69, 9.17) is 19.4 Å². The van der Waals surface area contributed by atoms with Crippen molar-refractivity contribution in [2.24, 2.45) is 92.7 Å². The maximum absolute atomic E-state index is 12.0. The van der Waals surface area contributed by atoms with Gasteiger partial charge in [0.05, 0.1) is 51.4 Å². The molecule has 1 aromatic heterocycles. The zero-order valence-electron chi connectivity index (χ0n) is 40.4. The lowest BCUT2D eigenvalue weighted by atomic mass is 9.43. The number of nitrogens with zero attached hydrogens (tertiary/aromatic N) is 3. The van der Waals surface area contributed by atoms with E-state index in [1.807, 2.05) is 0 Å². The van der Waals surface area contributed by atoms with Crippen LogP contribution >= 0.6 is 0 Å². The fourth-order valence-electron chi connectivity index (χ4n) is 18.8. The van der Waals surface area contributed by atoms with Gasteiger partial charge in [0.2, 0.25) is 0 Å². The Morgan fingerprint density at radius 3 is 1.67 bits per heavy atom. The molecule has 0 aromatic carbocycles. The summed E-state index contributed by atoms with van der Waals surface area (Å²) < 4.78 is 18.8. The first-order valence-electron chi connectivity index (χ1n) is 26.1. The van der Waals surface area contributed by atoms with Gasteiger partial charge in [-0.3, -0.25) is 9.59 Å². The van der Waals surface area contributed by atoms with Crippen LogP contribution in [0, 0.1) is 92.7 Å². The van der Waals surface area contributed by atoms with Gasteiger partial charge < -0.3 is 24.4 Å². The topological polar surface area (TPSA) is 133 Å². The van der Waals surface area contributed by atoms with Crippen LogP contribution < -0.4 is 0 Å². The van der Waals surface area contributed by atoms with E-state index in [0.29, 0.717) is 96.5 Å². The highest BCUT2D eigenvalue weighted by molar-refractivity contribution is 5.69. The van der Waals surface area contributed by atoms with Gasteiger partial charge in [-0.05, 0) is 208 Å². The van der Waals surface area contributed by atoms with Crippen LogP contribution in [-0.4, -0.2) is 69.7 Å². The van der Waals surface area contributed by atoms with E-state index in [-0.39, 0.29) is 51.9 Å². The van der Waals surface area contributed by atoms with Gasteiger partial charge in [-0.15, -0.1) is 5.10 Å². The summed E-state index contributed by atoms with van der Waals surface area (Å²) >= 11 is 0. The first-order chi connectivity index (χ1) is 30.0. The number of rotatable bonds is 12. The quantitative estimate of drug-likeness (QED) is 0.197. The van der Waals surface area contributed by atoms with Crippen LogP contribution in [0.25, 0.3) is 0 Å². The van der Waals surface area contributed by atoms with Crippen LogP contribution in [0.5, 0.6) is 0 Å². The zero-order chi connectivity index (χ0) is 44.6. The summed E-state index contributed by atoms with van der Waals surface area (Å²) in [6.45, 7) is 15.4. The van der Waals surface area contributed by atoms with Crippen molar-refractivity contribution in [1.29, 1.82) is 0 Å². The Kier molecular flexibility index (Phi) is 12.8. The Morgan fingerprint density at radius 2 is 1.14 bits per heavy atom. The van der Waals surface area contributed by atoms with E-state index in [2.05, 4.69) is 57.5 Å². The van der Waals surface area contributed by atoms with Gasteiger partial charge in [-0.1, -0.05) is 46.8 Å². The highest BCUT2D eigenvalue weighted by Crippen LogP contribution is 2.70. The number of methoxy groups -OCH3 is 2. The molecule has 5 unspecified atom stereocenters.